The molecule has 2 aliphatic heterocycles. The number of piperidine rings is 1. The highest BCUT2D eigenvalue weighted by atomic mass is 16.7. The van der Waals surface area contributed by atoms with Crippen LogP contribution in [0.15, 0.2) is 18.2 Å². The standard InChI is InChI=1S/C17H22N2O4/c1-11-5-12(2)9-19(8-11)17(21)16(20)18-7-13-3-4-14-15(6-13)23-10-22-14/h3-4,6,11-12H,5,7-10H2,1-2H3,(H,18,20). The second kappa shape index (κ2) is 6.48. The first-order valence-corrected chi connectivity index (χ1v) is 7.98. The van der Waals surface area contributed by atoms with E-state index in [0.29, 0.717) is 43.0 Å². The molecule has 6 heteroatoms. The van der Waals surface area contributed by atoms with Crippen molar-refractivity contribution in [2.75, 3.05) is 19.9 Å². The molecule has 3 rings (SSSR count). The number of carbonyl (C=O) groups is 2. The molecule has 1 aromatic carbocycles. The Labute approximate surface area is 135 Å². The van der Waals surface area contributed by atoms with Gasteiger partial charge in [0.25, 0.3) is 0 Å². The lowest BCUT2D eigenvalue weighted by molar-refractivity contribution is -0.147. The summed E-state index contributed by atoms with van der Waals surface area (Å²) in [6, 6.07) is 5.47. The maximum atomic E-state index is 12.3. The molecular weight excluding hydrogens is 296 g/mol. The number of nitrogens with zero attached hydrogens (tertiary/aromatic N) is 1. The summed E-state index contributed by atoms with van der Waals surface area (Å²) < 4.78 is 10.5. The number of likely N-dealkylation sites (tertiary alicyclic amines) is 1. The van der Waals surface area contributed by atoms with Gasteiger partial charge in [0, 0.05) is 19.6 Å². The zero-order chi connectivity index (χ0) is 16.4. The van der Waals surface area contributed by atoms with Crippen LogP contribution in [0.3, 0.4) is 0 Å². The number of benzene rings is 1. The highest BCUT2D eigenvalue weighted by Crippen LogP contribution is 2.32. The molecule has 0 saturated carbocycles. The van der Waals surface area contributed by atoms with Crippen LogP contribution in [0.4, 0.5) is 0 Å². The third-order valence-electron chi connectivity index (χ3n) is 4.24. The summed E-state index contributed by atoms with van der Waals surface area (Å²) in [7, 11) is 0. The Morgan fingerprint density at radius 3 is 2.61 bits per heavy atom. The van der Waals surface area contributed by atoms with Gasteiger partial charge in [-0.15, -0.1) is 0 Å². The highest BCUT2D eigenvalue weighted by molar-refractivity contribution is 6.35. The maximum Gasteiger partial charge on any atom is 0.311 e. The molecule has 0 radical (unpaired) electrons. The molecule has 23 heavy (non-hydrogen) atoms. The summed E-state index contributed by atoms with van der Waals surface area (Å²) in [6.07, 6.45) is 1.10. The Bertz CT molecular complexity index is 607. The third kappa shape index (κ3) is 3.57. The monoisotopic (exact) mass is 318 g/mol. The molecule has 0 aliphatic carbocycles. The quantitative estimate of drug-likeness (QED) is 0.840. The van der Waals surface area contributed by atoms with E-state index in [1.807, 2.05) is 12.1 Å². The van der Waals surface area contributed by atoms with E-state index in [4.69, 9.17) is 9.47 Å². The number of carbonyl (C=O) groups excluding carboxylic acids is 2. The predicted octanol–water partition coefficient (Wildman–Crippen LogP) is 1.54. The van der Waals surface area contributed by atoms with Crippen LogP contribution in [0, 0.1) is 11.8 Å². The number of hydrogen-bond donors (Lipinski definition) is 1. The van der Waals surface area contributed by atoms with Gasteiger partial charge in [0.05, 0.1) is 0 Å². The molecule has 124 valence electrons. The van der Waals surface area contributed by atoms with E-state index in [-0.39, 0.29) is 6.79 Å². The Hall–Kier alpha value is -2.24. The van der Waals surface area contributed by atoms with Gasteiger partial charge < -0.3 is 19.7 Å². The second-order valence-corrected chi connectivity index (χ2v) is 6.53. The van der Waals surface area contributed by atoms with Crippen molar-refractivity contribution in [1.29, 1.82) is 0 Å². The van der Waals surface area contributed by atoms with Crippen molar-refractivity contribution in [1.82, 2.24) is 10.2 Å². The van der Waals surface area contributed by atoms with E-state index in [2.05, 4.69) is 19.2 Å². The van der Waals surface area contributed by atoms with Crippen LogP contribution >= 0.6 is 0 Å². The number of rotatable bonds is 2. The molecule has 0 bridgehead atoms. The van der Waals surface area contributed by atoms with E-state index in [1.54, 1.807) is 11.0 Å². The lowest BCUT2D eigenvalue weighted by Gasteiger charge is -2.34. The molecule has 1 aromatic rings. The van der Waals surface area contributed by atoms with Crippen molar-refractivity contribution in [3.8, 4) is 11.5 Å². The molecule has 0 aromatic heterocycles. The largest absolute Gasteiger partial charge is 0.454 e. The average molecular weight is 318 g/mol. The summed E-state index contributed by atoms with van der Waals surface area (Å²) in [4.78, 5) is 26.0. The number of fused-ring (bicyclic) bond motifs is 1. The van der Waals surface area contributed by atoms with Gasteiger partial charge >= 0.3 is 11.8 Å². The van der Waals surface area contributed by atoms with Crippen molar-refractivity contribution in [3.63, 3.8) is 0 Å². The fourth-order valence-electron chi connectivity index (χ4n) is 3.28. The van der Waals surface area contributed by atoms with Gasteiger partial charge in [-0.05, 0) is 36.0 Å². The zero-order valence-electron chi connectivity index (χ0n) is 13.5. The smallest absolute Gasteiger partial charge is 0.311 e. The normalized spacial score (nSPS) is 22.8. The van der Waals surface area contributed by atoms with E-state index >= 15 is 0 Å². The molecule has 2 atom stereocenters. The van der Waals surface area contributed by atoms with Crippen LogP contribution in [0.5, 0.6) is 11.5 Å². The second-order valence-electron chi connectivity index (χ2n) is 6.53. The van der Waals surface area contributed by atoms with Gasteiger partial charge in [-0.1, -0.05) is 19.9 Å². The molecule has 1 N–H and O–H groups in total. The molecule has 1 saturated heterocycles. The van der Waals surface area contributed by atoms with Gasteiger partial charge in [-0.25, -0.2) is 0 Å². The first kappa shape index (κ1) is 15.6. The summed E-state index contributed by atoms with van der Waals surface area (Å²) in [5.41, 5.74) is 0.871. The first-order valence-electron chi connectivity index (χ1n) is 7.98. The Morgan fingerprint density at radius 1 is 1.17 bits per heavy atom. The average Bonchev–Trinajstić information content (AvgIpc) is 2.98. The Morgan fingerprint density at radius 2 is 1.87 bits per heavy atom. The van der Waals surface area contributed by atoms with E-state index in [9.17, 15) is 9.59 Å². The predicted molar refractivity (Wildman–Crippen MR) is 83.9 cm³/mol. The fraction of sp³-hybridized carbons (Fsp3) is 0.529. The topological polar surface area (TPSA) is 67.9 Å². The van der Waals surface area contributed by atoms with Gasteiger partial charge in [0.2, 0.25) is 6.79 Å². The van der Waals surface area contributed by atoms with Crippen molar-refractivity contribution < 1.29 is 19.1 Å². The summed E-state index contributed by atoms with van der Waals surface area (Å²) >= 11 is 0. The van der Waals surface area contributed by atoms with Crippen LogP contribution in [0.2, 0.25) is 0 Å². The summed E-state index contributed by atoms with van der Waals surface area (Å²) in [6.45, 7) is 6.04. The van der Waals surface area contributed by atoms with Crippen LogP contribution in [-0.2, 0) is 16.1 Å². The van der Waals surface area contributed by atoms with Crippen molar-refractivity contribution >= 4 is 11.8 Å². The van der Waals surface area contributed by atoms with Crippen molar-refractivity contribution in [3.05, 3.63) is 23.8 Å². The lowest BCUT2D eigenvalue weighted by Crippen LogP contribution is -2.48. The van der Waals surface area contributed by atoms with E-state index in [0.717, 1.165) is 12.0 Å². The van der Waals surface area contributed by atoms with Gasteiger partial charge in [-0.3, -0.25) is 9.59 Å². The fourth-order valence-corrected chi connectivity index (χ4v) is 3.28. The third-order valence-corrected chi connectivity index (χ3v) is 4.24. The maximum absolute atomic E-state index is 12.3. The van der Waals surface area contributed by atoms with E-state index in [1.165, 1.54) is 0 Å². The minimum absolute atomic E-state index is 0.217. The molecule has 0 spiro atoms. The number of nitrogens with one attached hydrogen (secondary N) is 1. The van der Waals surface area contributed by atoms with Crippen LogP contribution in [-0.4, -0.2) is 36.6 Å². The molecule has 2 amide bonds. The number of amides is 2. The Balaban J connectivity index is 1.55. The highest BCUT2D eigenvalue weighted by Gasteiger charge is 2.29. The minimum atomic E-state index is -0.552. The zero-order valence-corrected chi connectivity index (χ0v) is 13.5. The van der Waals surface area contributed by atoms with Gasteiger partial charge in [0.1, 0.15) is 0 Å². The molecule has 6 nitrogen and oxygen atoms in total. The van der Waals surface area contributed by atoms with Crippen LogP contribution in [0.25, 0.3) is 0 Å². The van der Waals surface area contributed by atoms with Crippen molar-refractivity contribution in [2.24, 2.45) is 11.8 Å². The first-order chi connectivity index (χ1) is 11.0. The van der Waals surface area contributed by atoms with E-state index < -0.39 is 11.8 Å². The van der Waals surface area contributed by atoms with Crippen molar-refractivity contribution in [2.45, 2.75) is 26.8 Å². The molecule has 2 heterocycles. The molecule has 1 fully saturated rings. The molecular formula is C17H22N2O4. The number of ether oxygens (including phenoxy) is 2. The molecule has 2 aliphatic rings. The minimum Gasteiger partial charge on any atom is -0.454 e. The van der Waals surface area contributed by atoms with Crippen LogP contribution in [0.1, 0.15) is 25.8 Å². The SMILES string of the molecule is CC1CC(C)CN(C(=O)C(=O)NCc2ccc3c(c2)OCO3)C1. The number of hydrogen-bond acceptors (Lipinski definition) is 4. The molecule has 2 unspecified atom stereocenters. The van der Waals surface area contributed by atoms with Crippen LogP contribution < -0.4 is 14.8 Å². The lowest BCUT2D eigenvalue weighted by atomic mass is 9.92. The Kier molecular flexibility index (Phi) is 4.41. The summed E-state index contributed by atoms with van der Waals surface area (Å²) in [5, 5.41) is 2.69. The van der Waals surface area contributed by atoms with Gasteiger partial charge in [0.15, 0.2) is 11.5 Å². The summed E-state index contributed by atoms with van der Waals surface area (Å²) in [5.74, 6) is 1.25. The van der Waals surface area contributed by atoms with Gasteiger partial charge in [-0.2, -0.15) is 0 Å².